The van der Waals surface area contributed by atoms with Gasteiger partial charge in [0.15, 0.2) is 0 Å². The molecule has 0 unspecified atom stereocenters. The zero-order chi connectivity index (χ0) is 21.6. The molecule has 0 radical (unpaired) electrons. The minimum absolute atomic E-state index is 0.0438. The van der Waals surface area contributed by atoms with E-state index in [-0.39, 0.29) is 24.8 Å². The van der Waals surface area contributed by atoms with Crippen molar-refractivity contribution < 1.29 is 14.4 Å². The quantitative estimate of drug-likeness (QED) is 0.645. The maximum absolute atomic E-state index is 12.6. The molecule has 0 bridgehead atoms. The van der Waals surface area contributed by atoms with Crippen LogP contribution >= 0.6 is 11.6 Å². The second-order valence-corrected chi connectivity index (χ2v) is 7.37. The van der Waals surface area contributed by atoms with Crippen LogP contribution in [-0.2, 0) is 9.59 Å². The molecule has 0 heterocycles. The van der Waals surface area contributed by atoms with Gasteiger partial charge in [-0.1, -0.05) is 35.9 Å². The lowest BCUT2D eigenvalue weighted by Gasteiger charge is -2.22. The number of primary amides is 1. The zero-order valence-corrected chi connectivity index (χ0v) is 17.4. The predicted molar refractivity (Wildman–Crippen MR) is 114 cm³/mol. The number of rotatable bonds is 7. The Kier molecular flexibility index (Phi) is 7.61. The number of benzene rings is 2. The highest BCUT2D eigenvalue weighted by Crippen LogP contribution is 2.20. The molecule has 29 heavy (non-hydrogen) atoms. The Morgan fingerprint density at radius 3 is 2.38 bits per heavy atom. The molecule has 2 aromatic carbocycles. The first-order valence-electron chi connectivity index (χ1n) is 9.08. The third kappa shape index (κ3) is 6.80. The van der Waals surface area contributed by atoms with Crippen molar-refractivity contribution in [2.75, 3.05) is 18.9 Å². The van der Waals surface area contributed by atoms with Crippen molar-refractivity contribution in [1.82, 2.24) is 10.2 Å². The molecule has 0 aromatic heterocycles. The predicted octanol–water partition coefficient (Wildman–Crippen LogP) is 3.15. The van der Waals surface area contributed by atoms with E-state index in [2.05, 4.69) is 10.6 Å². The van der Waals surface area contributed by atoms with Gasteiger partial charge in [0.1, 0.15) is 0 Å². The number of likely N-dealkylation sites (N-methyl/N-ethyl adjacent to an activating group) is 1. The van der Waals surface area contributed by atoms with Crippen LogP contribution in [0.1, 0.15) is 29.2 Å². The molecular formula is C21H25ClN4O3. The number of nitrogens with one attached hydrogen (secondary N) is 2. The van der Waals surface area contributed by atoms with Gasteiger partial charge in [-0.2, -0.15) is 0 Å². The zero-order valence-electron chi connectivity index (χ0n) is 16.7. The third-order valence-corrected chi connectivity index (χ3v) is 4.69. The number of anilines is 1. The first kappa shape index (κ1) is 22.2. The first-order valence-corrected chi connectivity index (χ1v) is 9.46. The van der Waals surface area contributed by atoms with Crippen molar-refractivity contribution in [3.8, 4) is 0 Å². The molecule has 2 rings (SSSR count). The van der Waals surface area contributed by atoms with Gasteiger partial charge in [0.2, 0.25) is 11.8 Å². The maximum Gasteiger partial charge on any atom is 0.312 e. The van der Waals surface area contributed by atoms with Crippen LogP contribution in [-0.4, -0.2) is 36.3 Å². The van der Waals surface area contributed by atoms with Gasteiger partial charge in [0.05, 0.1) is 19.0 Å². The van der Waals surface area contributed by atoms with Gasteiger partial charge in [-0.3, -0.25) is 9.59 Å². The molecule has 7 nitrogen and oxygen atoms in total. The van der Waals surface area contributed by atoms with E-state index in [1.165, 1.54) is 11.9 Å². The summed E-state index contributed by atoms with van der Waals surface area (Å²) in [6.45, 7) is 3.72. The third-order valence-electron chi connectivity index (χ3n) is 4.44. The van der Waals surface area contributed by atoms with Crippen molar-refractivity contribution in [2.45, 2.75) is 26.3 Å². The number of aryl methyl sites for hydroxylation is 2. The molecule has 0 saturated carbocycles. The summed E-state index contributed by atoms with van der Waals surface area (Å²) in [4.78, 5) is 37.6. The van der Waals surface area contributed by atoms with Crippen LogP contribution < -0.4 is 16.4 Å². The molecule has 1 atom stereocenters. The summed E-state index contributed by atoms with van der Waals surface area (Å²) in [5, 5.41) is 5.92. The van der Waals surface area contributed by atoms with Gasteiger partial charge in [-0.15, -0.1) is 0 Å². The average molecular weight is 417 g/mol. The molecule has 4 amide bonds. The van der Waals surface area contributed by atoms with Crippen LogP contribution in [0.4, 0.5) is 10.5 Å². The van der Waals surface area contributed by atoms with Crippen LogP contribution in [0.15, 0.2) is 42.5 Å². The van der Waals surface area contributed by atoms with Gasteiger partial charge in [-0.05, 0) is 48.7 Å². The summed E-state index contributed by atoms with van der Waals surface area (Å²) in [5.41, 5.74) is 8.61. The molecule has 0 aliphatic carbocycles. The number of carbonyl (C=O) groups excluding carboxylic acids is 3. The Balaban J connectivity index is 2.01. The topological polar surface area (TPSA) is 105 Å². The number of hydrogen-bond donors (Lipinski definition) is 3. The fraction of sp³-hybridized carbons (Fsp3) is 0.286. The molecule has 4 N–H and O–H groups in total. The van der Waals surface area contributed by atoms with Crippen molar-refractivity contribution in [2.24, 2.45) is 5.73 Å². The van der Waals surface area contributed by atoms with E-state index in [1.807, 2.05) is 32.0 Å². The largest absolute Gasteiger partial charge is 0.352 e. The molecular weight excluding hydrogens is 392 g/mol. The smallest absolute Gasteiger partial charge is 0.312 e. The number of carbonyl (C=O) groups is 3. The van der Waals surface area contributed by atoms with Crippen LogP contribution in [0, 0.1) is 13.8 Å². The summed E-state index contributed by atoms with van der Waals surface area (Å²) >= 11 is 5.89. The van der Waals surface area contributed by atoms with Crippen LogP contribution in [0.2, 0.25) is 5.02 Å². The van der Waals surface area contributed by atoms with Crippen molar-refractivity contribution >= 4 is 35.1 Å². The van der Waals surface area contributed by atoms with Crippen LogP contribution in [0.5, 0.6) is 0 Å². The van der Waals surface area contributed by atoms with Gasteiger partial charge in [0, 0.05) is 17.8 Å². The number of nitrogens with zero attached hydrogens (tertiary/aromatic N) is 1. The van der Waals surface area contributed by atoms with E-state index in [0.717, 1.165) is 11.1 Å². The monoisotopic (exact) mass is 416 g/mol. The Morgan fingerprint density at radius 2 is 1.76 bits per heavy atom. The fourth-order valence-electron chi connectivity index (χ4n) is 2.81. The highest BCUT2D eigenvalue weighted by atomic mass is 35.5. The minimum Gasteiger partial charge on any atom is -0.352 e. The summed E-state index contributed by atoms with van der Waals surface area (Å²) < 4.78 is 0. The van der Waals surface area contributed by atoms with Gasteiger partial charge in [-0.25, -0.2) is 4.79 Å². The van der Waals surface area contributed by atoms with Gasteiger partial charge in [0.25, 0.3) is 0 Å². The van der Waals surface area contributed by atoms with E-state index < -0.39 is 12.1 Å². The Morgan fingerprint density at radius 1 is 1.10 bits per heavy atom. The Hall–Kier alpha value is -3.06. The first-order chi connectivity index (χ1) is 13.7. The molecule has 0 aliphatic heterocycles. The van der Waals surface area contributed by atoms with E-state index in [0.29, 0.717) is 16.3 Å². The lowest BCUT2D eigenvalue weighted by atomic mass is 10.0. The van der Waals surface area contributed by atoms with E-state index >= 15 is 0 Å². The molecule has 0 fully saturated rings. The number of hydrogen-bond acceptors (Lipinski definition) is 3. The minimum atomic E-state index is -0.743. The lowest BCUT2D eigenvalue weighted by Crippen LogP contribution is -2.39. The summed E-state index contributed by atoms with van der Waals surface area (Å²) in [5.74, 6) is -0.615. The molecule has 0 aliphatic rings. The summed E-state index contributed by atoms with van der Waals surface area (Å²) in [6.07, 6.45) is -0.0438. The van der Waals surface area contributed by atoms with Crippen molar-refractivity contribution in [3.63, 3.8) is 0 Å². The maximum atomic E-state index is 12.6. The normalized spacial score (nSPS) is 11.4. The second-order valence-electron chi connectivity index (χ2n) is 6.93. The SMILES string of the molecule is Cc1ccc(C)c(NC(=O)CN(C)C(=O)C[C@H](NC(N)=O)c2ccc(Cl)cc2)c1. The van der Waals surface area contributed by atoms with Crippen molar-refractivity contribution in [1.29, 1.82) is 0 Å². The summed E-state index contributed by atoms with van der Waals surface area (Å²) in [6, 6.07) is 11.1. The Bertz CT molecular complexity index is 899. The van der Waals surface area contributed by atoms with E-state index in [4.69, 9.17) is 17.3 Å². The summed E-state index contributed by atoms with van der Waals surface area (Å²) in [7, 11) is 1.54. The number of amides is 4. The van der Waals surface area contributed by atoms with Gasteiger partial charge >= 0.3 is 6.03 Å². The second kappa shape index (κ2) is 9.93. The molecule has 0 spiro atoms. The molecule has 154 valence electrons. The molecule has 0 saturated heterocycles. The van der Waals surface area contributed by atoms with Crippen molar-refractivity contribution in [3.05, 3.63) is 64.2 Å². The Labute approximate surface area is 175 Å². The molecule has 8 heteroatoms. The van der Waals surface area contributed by atoms with Crippen LogP contribution in [0.3, 0.4) is 0 Å². The van der Waals surface area contributed by atoms with E-state index in [9.17, 15) is 14.4 Å². The highest BCUT2D eigenvalue weighted by Gasteiger charge is 2.21. The lowest BCUT2D eigenvalue weighted by molar-refractivity contribution is -0.133. The number of nitrogens with two attached hydrogens (primary N) is 1. The standard InChI is InChI=1S/C21H25ClN4O3/c1-13-4-5-14(2)17(10-13)24-19(27)12-26(3)20(28)11-18(25-21(23)29)15-6-8-16(22)9-7-15/h4-10,18H,11-12H2,1-3H3,(H,24,27)(H3,23,25,29)/t18-/m0/s1. The number of halogens is 1. The van der Waals surface area contributed by atoms with E-state index in [1.54, 1.807) is 24.3 Å². The van der Waals surface area contributed by atoms with Gasteiger partial charge < -0.3 is 21.3 Å². The molecule has 2 aromatic rings. The average Bonchev–Trinajstić information content (AvgIpc) is 2.64. The van der Waals surface area contributed by atoms with Crippen LogP contribution in [0.25, 0.3) is 0 Å². The number of urea groups is 1. The highest BCUT2D eigenvalue weighted by molar-refractivity contribution is 6.30. The fourth-order valence-corrected chi connectivity index (χ4v) is 2.94.